The molecule has 0 aliphatic carbocycles. The molecule has 1 aromatic heterocycles. The molecule has 0 fully saturated rings. The molecule has 0 aliphatic heterocycles. The molecular weight excluding hydrogens is 243 g/mol. The van der Waals surface area contributed by atoms with Crippen molar-refractivity contribution in [2.75, 3.05) is 24.3 Å². The van der Waals surface area contributed by atoms with Gasteiger partial charge in [-0.15, -0.1) is 0 Å². The topological polar surface area (TPSA) is 33.1 Å². The summed E-state index contributed by atoms with van der Waals surface area (Å²) in [6, 6.07) is 4.74. The van der Waals surface area contributed by atoms with Crippen molar-refractivity contribution in [2.45, 2.75) is 13.5 Å². The number of nitrogens with one attached hydrogen (secondary N) is 1. The van der Waals surface area contributed by atoms with Crippen molar-refractivity contribution < 1.29 is 4.39 Å². The SMILES string of the molecule is Cc1cc(F)ccc1NCc1cnc(N(C)C)n1C. The first kappa shape index (κ1) is 13.4. The number of benzene rings is 1. The Bertz CT molecular complexity index is 575. The maximum atomic E-state index is 13.0. The normalized spacial score (nSPS) is 10.6. The highest BCUT2D eigenvalue weighted by Crippen LogP contribution is 2.18. The zero-order chi connectivity index (χ0) is 14.0. The molecular formula is C14H19FN4. The molecule has 19 heavy (non-hydrogen) atoms. The monoisotopic (exact) mass is 262 g/mol. The summed E-state index contributed by atoms with van der Waals surface area (Å²) < 4.78 is 15.1. The lowest BCUT2D eigenvalue weighted by atomic mass is 10.2. The van der Waals surface area contributed by atoms with Crippen molar-refractivity contribution >= 4 is 11.6 Å². The van der Waals surface area contributed by atoms with Crippen LogP contribution in [-0.2, 0) is 13.6 Å². The van der Waals surface area contributed by atoms with Crippen molar-refractivity contribution in [2.24, 2.45) is 7.05 Å². The molecule has 0 unspecified atom stereocenters. The fourth-order valence-corrected chi connectivity index (χ4v) is 2.02. The van der Waals surface area contributed by atoms with Gasteiger partial charge in [0.25, 0.3) is 0 Å². The van der Waals surface area contributed by atoms with Crippen LogP contribution in [0, 0.1) is 12.7 Å². The van der Waals surface area contributed by atoms with Crippen LogP contribution in [0.25, 0.3) is 0 Å². The van der Waals surface area contributed by atoms with E-state index in [4.69, 9.17) is 0 Å². The number of hydrogen-bond donors (Lipinski definition) is 1. The van der Waals surface area contributed by atoms with Gasteiger partial charge in [0, 0.05) is 26.8 Å². The summed E-state index contributed by atoms with van der Waals surface area (Å²) in [5.41, 5.74) is 2.91. The second-order valence-electron chi connectivity index (χ2n) is 4.82. The average Bonchev–Trinajstić information content (AvgIpc) is 2.70. The van der Waals surface area contributed by atoms with Gasteiger partial charge >= 0.3 is 0 Å². The van der Waals surface area contributed by atoms with Crippen molar-refractivity contribution in [1.82, 2.24) is 9.55 Å². The minimum Gasteiger partial charge on any atom is -0.379 e. The third kappa shape index (κ3) is 2.86. The Morgan fingerprint density at radius 2 is 2.11 bits per heavy atom. The first-order chi connectivity index (χ1) is 8.99. The maximum absolute atomic E-state index is 13.0. The van der Waals surface area contributed by atoms with Gasteiger partial charge in [-0.25, -0.2) is 9.37 Å². The molecule has 0 atom stereocenters. The Morgan fingerprint density at radius 1 is 1.37 bits per heavy atom. The summed E-state index contributed by atoms with van der Waals surface area (Å²) in [6.45, 7) is 2.55. The fourth-order valence-electron chi connectivity index (χ4n) is 2.02. The molecule has 1 aromatic carbocycles. The highest BCUT2D eigenvalue weighted by atomic mass is 19.1. The van der Waals surface area contributed by atoms with E-state index in [1.807, 2.05) is 43.7 Å². The van der Waals surface area contributed by atoms with Crippen LogP contribution >= 0.6 is 0 Å². The van der Waals surface area contributed by atoms with Gasteiger partial charge in [-0.05, 0) is 30.7 Å². The quantitative estimate of drug-likeness (QED) is 0.919. The Kier molecular flexibility index (Phi) is 3.74. The third-order valence-electron chi connectivity index (χ3n) is 3.11. The zero-order valence-electron chi connectivity index (χ0n) is 11.7. The van der Waals surface area contributed by atoms with E-state index in [1.165, 1.54) is 12.1 Å². The van der Waals surface area contributed by atoms with Crippen LogP contribution < -0.4 is 10.2 Å². The largest absolute Gasteiger partial charge is 0.379 e. The summed E-state index contributed by atoms with van der Waals surface area (Å²) in [5.74, 6) is 0.700. The summed E-state index contributed by atoms with van der Waals surface area (Å²) in [7, 11) is 5.91. The average molecular weight is 262 g/mol. The fraction of sp³-hybridized carbons (Fsp3) is 0.357. The van der Waals surface area contributed by atoms with Crippen LogP contribution in [0.1, 0.15) is 11.3 Å². The van der Waals surface area contributed by atoms with Crippen LogP contribution in [0.4, 0.5) is 16.0 Å². The van der Waals surface area contributed by atoms with E-state index < -0.39 is 0 Å². The number of halogens is 1. The molecule has 2 rings (SSSR count). The van der Waals surface area contributed by atoms with Gasteiger partial charge < -0.3 is 14.8 Å². The van der Waals surface area contributed by atoms with Crippen molar-refractivity contribution in [1.29, 1.82) is 0 Å². The standard InChI is InChI=1S/C14H19FN4/c1-10-7-11(15)5-6-13(10)16-8-12-9-17-14(18(2)3)19(12)4/h5-7,9,16H,8H2,1-4H3. The van der Waals surface area contributed by atoms with Crippen LogP contribution in [0.15, 0.2) is 24.4 Å². The lowest BCUT2D eigenvalue weighted by Gasteiger charge is -2.14. The molecule has 0 amide bonds. The van der Waals surface area contributed by atoms with Gasteiger partial charge in [0.1, 0.15) is 5.82 Å². The summed E-state index contributed by atoms with van der Waals surface area (Å²) in [5, 5.41) is 3.30. The first-order valence-corrected chi connectivity index (χ1v) is 6.17. The zero-order valence-corrected chi connectivity index (χ0v) is 11.7. The van der Waals surface area contributed by atoms with Crippen LogP contribution in [0.3, 0.4) is 0 Å². The van der Waals surface area contributed by atoms with Gasteiger partial charge in [0.2, 0.25) is 5.95 Å². The van der Waals surface area contributed by atoms with Crippen LogP contribution in [0.5, 0.6) is 0 Å². The van der Waals surface area contributed by atoms with E-state index in [-0.39, 0.29) is 5.82 Å². The lowest BCUT2D eigenvalue weighted by Crippen LogP contribution is -2.15. The van der Waals surface area contributed by atoms with Gasteiger partial charge in [0.15, 0.2) is 0 Å². The smallest absolute Gasteiger partial charge is 0.204 e. The maximum Gasteiger partial charge on any atom is 0.204 e. The van der Waals surface area contributed by atoms with Gasteiger partial charge in [-0.2, -0.15) is 0 Å². The molecule has 5 heteroatoms. The van der Waals surface area contributed by atoms with E-state index >= 15 is 0 Å². The molecule has 0 saturated heterocycles. The highest BCUT2D eigenvalue weighted by molar-refractivity contribution is 5.50. The summed E-state index contributed by atoms with van der Waals surface area (Å²) in [6.07, 6.45) is 1.85. The van der Waals surface area contributed by atoms with Crippen molar-refractivity contribution in [3.63, 3.8) is 0 Å². The van der Waals surface area contributed by atoms with E-state index in [0.29, 0.717) is 6.54 Å². The molecule has 4 nitrogen and oxygen atoms in total. The second kappa shape index (κ2) is 5.30. The number of imidazole rings is 1. The minimum atomic E-state index is -0.210. The first-order valence-electron chi connectivity index (χ1n) is 6.17. The van der Waals surface area contributed by atoms with Crippen LogP contribution in [-0.4, -0.2) is 23.6 Å². The molecule has 2 aromatic rings. The van der Waals surface area contributed by atoms with Crippen molar-refractivity contribution in [3.8, 4) is 0 Å². The number of nitrogens with zero attached hydrogens (tertiary/aromatic N) is 3. The second-order valence-corrected chi connectivity index (χ2v) is 4.82. The molecule has 0 bridgehead atoms. The summed E-state index contributed by atoms with van der Waals surface area (Å²) >= 11 is 0. The van der Waals surface area contributed by atoms with E-state index in [1.54, 1.807) is 6.07 Å². The van der Waals surface area contributed by atoms with E-state index in [0.717, 1.165) is 22.9 Å². The highest BCUT2D eigenvalue weighted by Gasteiger charge is 2.08. The molecule has 1 N–H and O–H groups in total. The Labute approximate surface area is 112 Å². The molecule has 0 aliphatic rings. The van der Waals surface area contributed by atoms with E-state index in [9.17, 15) is 4.39 Å². The summed E-state index contributed by atoms with van der Waals surface area (Å²) in [4.78, 5) is 6.32. The van der Waals surface area contributed by atoms with E-state index in [2.05, 4.69) is 10.3 Å². The number of anilines is 2. The Balaban J connectivity index is 2.10. The molecule has 102 valence electrons. The molecule has 0 saturated carbocycles. The lowest BCUT2D eigenvalue weighted by molar-refractivity contribution is 0.627. The van der Waals surface area contributed by atoms with Gasteiger partial charge in [-0.3, -0.25) is 0 Å². The van der Waals surface area contributed by atoms with Gasteiger partial charge in [-0.1, -0.05) is 0 Å². The number of aromatic nitrogens is 2. The Hall–Kier alpha value is -2.04. The number of hydrogen-bond acceptors (Lipinski definition) is 3. The van der Waals surface area contributed by atoms with Crippen LogP contribution in [0.2, 0.25) is 0 Å². The molecule has 0 radical (unpaired) electrons. The predicted octanol–water partition coefficient (Wildman–Crippen LogP) is 2.55. The van der Waals surface area contributed by atoms with Crippen molar-refractivity contribution in [3.05, 3.63) is 41.5 Å². The third-order valence-corrected chi connectivity index (χ3v) is 3.11. The molecule has 1 heterocycles. The predicted molar refractivity (Wildman–Crippen MR) is 76.0 cm³/mol. The van der Waals surface area contributed by atoms with Gasteiger partial charge in [0.05, 0.1) is 18.4 Å². The minimum absolute atomic E-state index is 0.210. The number of rotatable bonds is 4. The number of aryl methyl sites for hydroxylation is 1. The molecule has 0 spiro atoms. The Morgan fingerprint density at radius 3 is 2.68 bits per heavy atom.